The van der Waals surface area contributed by atoms with Crippen molar-refractivity contribution in [1.29, 1.82) is 0 Å². The first-order chi connectivity index (χ1) is 14.9. The van der Waals surface area contributed by atoms with Gasteiger partial charge in [0.25, 0.3) is 0 Å². The van der Waals surface area contributed by atoms with Gasteiger partial charge in [-0.3, -0.25) is 0 Å². The lowest BCUT2D eigenvalue weighted by Crippen LogP contribution is -2.20. The molecule has 31 heavy (non-hydrogen) atoms. The number of aromatic amines is 1. The summed E-state index contributed by atoms with van der Waals surface area (Å²) >= 11 is 5.48. The number of carboxylic acid groups (broad SMARTS) is 1. The van der Waals surface area contributed by atoms with Crippen LogP contribution in [0, 0.1) is 16.4 Å². The molecule has 1 heterocycles. The summed E-state index contributed by atoms with van der Waals surface area (Å²) in [5.41, 5.74) is 3.61. The largest absolute Gasteiger partial charge is 0.478 e. The Hall–Kier alpha value is -2.84. The highest BCUT2D eigenvalue weighted by Gasteiger charge is 2.24. The van der Waals surface area contributed by atoms with E-state index >= 15 is 0 Å². The van der Waals surface area contributed by atoms with Gasteiger partial charge in [-0.2, -0.15) is 0 Å². The third kappa shape index (κ3) is 4.91. The van der Waals surface area contributed by atoms with Crippen LogP contribution in [0.25, 0.3) is 0 Å². The van der Waals surface area contributed by atoms with Gasteiger partial charge in [-0.15, -0.1) is 0 Å². The standard InChI is InChI=1S/C23H23F2N3O2S/c24-17-9-16-10-19(5-6-20(16)21(25)11-17)28-13-18(27-23(28)31)12-26-8-7-14-1-3-15(4-2-14)22(29)30/h1-4,9,11,13,19,26H,5-8,10,12H2,(H,27,31)(H,29,30)/t19-/m0/s1. The number of aromatic nitrogens is 2. The van der Waals surface area contributed by atoms with Gasteiger partial charge in [-0.05, 0) is 79.3 Å². The number of halogens is 2. The van der Waals surface area contributed by atoms with Crippen LogP contribution in [0.4, 0.5) is 8.78 Å². The molecule has 0 radical (unpaired) electrons. The molecule has 0 bridgehead atoms. The zero-order valence-electron chi connectivity index (χ0n) is 16.8. The highest BCUT2D eigenvalue weighted by molar-refractivity contribution is 7.71. The van der Waals surface area contributed by atoms with Crippen molar-refractivity contribution in [1.82, 2.24) is 14.9 Å². The lowest BCUT2D eigenvalue weighted by molar-refractivity contribution is 0.0697. The molecule has 1 atom stereocenters. The molecule has 0 saturated heterocycles. The van der Waals surface area contributed by atoms with Crippen molar-refractivity contribution in [2.75, 3.05) is 6.54 Å². The Bertz CT molecular complexity index is 1150. The molecule has 5 nitrogen and oxygen atoms in total. The lowest BCUT2D eigenvalue weighted by atomic mass is 9.87. The zero-order chi connectivity index (χ0) is 22.0. The number of carbonyl (C=O) groups is 1. The predicted octanol–water partition coefficient (Wildman–Crippen LogP) is 4.58. The fourth-order valence-electron chi connectivity index (χ4n) is 4.11. The zero-order valence-corrected chi connectivity index (χ0v) is 17.6. The average Bonchev–Trinajstić information content (AvgIpc) is 3.11. The molecule has 162 valence electrons. The van der Waals surface area contributed by atoms with Crippen LogP contribution in [0.5, 0.6) is 0 Å². The Morgan fingerprint density at radius 3 is 2.77 bits per heavy atom. The number of fused-ring (bicyclic) bond motifs is 1. The summed E-state index contributed by atoms with van der Waals surface area (Å²) in [4.78, 5) is 14.1. The molecule has 3 N–H and O–H groups in total. The molecule has 3 aromatic rings. The van der Waals surface area contributed by atoms with Gasteiger partial charge in [0, 0.05) is 30.5 Å². The minimum Gasteiger partial charge on any atom is -0.478 e. The number of benzene rings is 2. The average molecular weight is 444 g/mol. The number of hydrogen-bond donors (Lipinski definition) is 3. The molecule has 0 saturated carbocycles. The molecule has 8 heteroatoms. The van der Waals surface area contributed by atoms with Crippen LogP contribution >= 0.6 is 12.2 Å². The topological polar surface area (TPSA) is 70.0 Å². The molecular formula is C23H23F2N3O2S. The molecule has 4 rings (SSSR count). The minimum atomic E-state index is -0.929. The normalized spacial score (nSPS) is 15.6. The number of carboxylic acids is 1. The summed E-state index contributed by atoms with van der Waals surface area (Å²) in [5, 5.41) is 12.3. The van der Waals surface area contributed by atoms with Crippen LogP contribution in [0.1, 0.15) is 45.2 Å². The van der Waals surface area contributed by atoms with Crippen LogP contribution in [0.2, 0.25) is 0 Å². The second-order valence-electron chi connectivity index (χ2n) is 7.84. The van der Waals surface area contributed by atoms with Gasteiger partial charge in [-0.25, -0.2) is 13.6 Å². The summed E-state index contributed by atoms with van der Waals surface area (Å²) in [5.74, 6) is -1.94. The third-order valence-electron chi connectivity index (χ3n) is 5.73. The van der Waals surface area contributed by atoms with Gasteiger partial charge in [-0.1, -0.05) is 12.1 Å². The first kappa shape index (κ1) is 21.4. The van der Waals surface area contributed by atoms with Crippen LogP contribution in [-0.4, -0.2) is 27.2 Å². The molecule has 0 fully saturated rings. The minimum absolute atomic E-state index is 0.0685. The fraction of sp³-hybridized carbons (Fsp3) is 0.304. The smallest absolute Gasteiger partial charge is 0.335 e. The van der Waals surface area contributed by atoms with Gasteiger partial charge in [0.05, 0.1) is 5.56 Å². The first-order valence-electron chi connectivity index (χ1n) is 10.2. The van der Waals surface area contributed by atoms with Gasteiger partial charge >= 0.3 is 5.97 Å². The van der Waals surface area contributed by atoms with Crippen LogP contribution < -0.4 is 5.32 Å². The van der Waals surface area contributed by atoms with E-state index in [0.29, 0.717) is 35.3 Å². The van der Waals surface area contributed by atoms with Crippen molar-refractivity contribution in [3.63, 3.8) is 0 Å². The van der Waals surface area contributed by atoms with E-state index in [2.05, 4.69) is 10.3 Å². The quantitative estimate of drug-likeness (QED) is 0.369. The van der Waals surface area contributed by atoms with E-state index in [0.717, 1.165) is 36.7 Å². The number of hydrogen-bond acceptors (Lipinski definition) is 3. The molecule has 1 aliphatic carbocycles. The SMILES string of the molecule is O=C(O)c1ccc(CCNCc2cn([C@H]3CCc4c(F)cc(F)cc4C3)c(=S)[nH]2)cc1. The van der Waals surface area contributed by atoms with Gasteiger partial charge in [0.2, 0.25) is 0 Å². The maximum atomic E-state index is 14.0. The molecule has 2 aromatic carbocycles. The lowest BCUT2D eigenvalue weighted by Gasteiger charge is -2.26. The Kier molecular flexibility index (Phi) is 6.29. The summed E-state index contributed by atoms with van der Waals surface area (Å²) in [6, 6.07) is 9.30. The summed E-state index contributed by atoms with van der Waals surface area (Å²) in [6.45, 7) is 1.34. The van der Waals surface area contributed by atoms with E-state index < -0.39 is 17.6 Å². The molecule has 1 aliphatic rings. The number of nitrogens with one attached hydrogen (secondary N) is 2. The second-order valence-corrected chi connectivity index (χ2v) is 8.23. The van der Waals surface area contributed by atoms with Crippen LogP contribution in [0.15, 0.2) is 42.6 Å². The molecular weight excluding hydrogens is 420 g/mol. The number of nitrogens with zero attached hydrogens (tertiary/aromatic N) is 1. The summed E-state index contributed by atoms with van der Waals surface area (Å²) in [7, 11) is 0. The monoisotopic (exact) mass is 443 g/mol. The Morgan fingerprint density at radius 1 is 1.26 bits per heavy atom. The van der Waals surface area contributed by atoms with Gasteiger partial charge < -0.3 is 20.0 Å². The molecule has 0 amide bonds. The van der Waals surface area contributed by atoms with Crippen molar-refractivity contribution < 1.29 is 18.7 Å². The number of imidazole rings is 1. The van der Waals surface area contributed by atoms with E-state index in [1.807, 2.05) is 22.9 Å². The van der Waals surface area contributed by atoms with Crippen molar-refractivity contribution in [2.24, 2.45) is 0 Å². The van der Waals surface area contributed by atoms with Crippen LogP contribution in [0.3, 0.4) is 0 Å². The number of aromatic carboxylic acids is 1. The number of H-pyrrole nitrogens is 1. The van der Waals surface area contributed by atoms with E-state index in [1.54, 1.807) is 12.1 Å². The van der Waals surface area contributed by atoms with Crippen molar-refractivity contribution >= 4 is 18.2 Å². The first-order valence-corrected chi connectivity index (χ1v) is 10.6. The van der Waals surface area contributed by atoms with E-state index in [-0.39, 0.29) is 11.6 Å². The van der Waals surface area contributed by atoms with Crippen LogP contribution in [-0.2, 0) is 25.8 Å². The fourth-order valence-corrected chi connectivity index (χ4v) is 4.45. The van der Waals surface area contributed by atoms with Gasteiger partial charge in [0.15, 0.2) is 4.77 Å². The van der Waals surface area contributed by atoms with Crippen molar-refractivity contribution in [3.05, 3.63) is 86.9 Å². The predicted molar refractivity (Wildman–Crippen MR) is 116 cm³/mol. The number of rotatable bonds is 7. The Labute approximate surface area is 183 Å². The van der Waals surface area contributed by atoms with Crippen molar-refractivity contribution in [2.45, 2.75) is 38.3 Å². The molecule has 1 aromatic heterocycles. The maximum absolute atomic E-state index is 14.0. The maximum Gasteiger partial charge on any atom is 0.335 e. The molecule has 0 unspecified atom stereocenters. The summed E-state index contributed by atoms with van der Waals surface area (Å²) in [6.07, 6.45) is 4.61. The highest BCUT2D eigenvalue weighted by Crippen LogP contribution is 2.31. The molecule has 0 aliphatic heterocycles. The van der Waals surface area contributed by atoms with Gasteiger partial charge in [0.1, 0.15) is 11.6 Å². The Balaban J connectivity index is 1.34. The summed E-state index contributed by atoms with van der Waals surface area (Å²) < 4.78 is 30.2. The van der Waals surface area contributed by atoms with E-state index in [1.165, 1.54) is 6.07 Å². The van der Waals surface area contributed by atoms with Crippen molar-refractivity contribution in [3.8, 4) is 0 Å². The van der Waals surface area contributed by atoms with E-state index in [4.69, 9.17) is 17.3 Å². The second kappa shape index (κ2) is 9.11. The van der Waals surface area contributed by atoms with E-state index in [9.17, 15) is 13.6 Å². The molecule has 0 spiro atoms. The third-order valence-corrected chi connectivity index (χ3v) is 6.05. The Morgan fingerprint density at radius 2 is 2.03 bits per heavy atom. The highest BCUT2D eigenvalue weighted by atomic mass is 32.1.